The van der Waals surface area contributed by atoms with Crippen LogP contribution in [0.2, 0.25) is 0 Å². The fourth-order valence-corrected chi connectivity index (χ4v) is 2.95. The Hall–Kier alpha value is -1.37. The van der Waals surface area contributed by atoms with E-state index in [-0.39, 0.29) is 12.4 Å². The van der Waals surface area contributed by atoms with Crippen LogP contribution in [0.3, 0.4) is 0 Å². The number of hydrogen-bond donors (Lipinski definition) is 1. The number of methoxy groups -OCH3 is 1. The predicted octanol–water partition coefficient (Wildman–Crippen LogP) is 2.84. The second kappa shape index (κ2) is 8.17. The van der Waals surface area contributed by atoms with Crippen LogP contribution in [0.5, 0.6) is 0 Å². The van der Waals surface area contributed by atoms with E-state index in [0.717, 1.165) is 29.4 Å². The van der Waals surface area contributed by atoms with Crippen molar-refractivity contribution in [3.8, 4) is 0 Å². The smallest absolute Gasteiger partial charge is 0.168 e. The molecule has 1 N–H and O–H groups in total. The highest BCUT2D eigenvalue weighted by Gasteiger charge is 2.10. The molecule has 2 rings (SSSR count). The van der Waals surface area contributed by atoms with Crippen molar-refractivity contribution in [2.24, 2.45) is 0 Å². The van der Waals surface area contributed by atoms with Crippen molar-refractivity contribution < 1.29 is 14.2 Å². The zero-order valence-corrected chi connectivity index (χ0v) is 12.8. The Morgan fingerprint density at radius 1 is 1.33 bits per heavy atom. The predicted molar refractivity (Wildman–Crippen MR) is 80.6 cm³/mol. The highest BCUT2D eigenvalue weighted by molar-refractivity contribution is 7.98. The first kappa shape index (κ1) is 16.0. The summed E-state index contributed by atoms with van der Waals surface area (Å²) in [4.78, 5) is 4.35. The zero-order valence-electron chi connectivity index (χ0n) is 12.0. The molecule has 0 fully saturated rings. The Morgan fingerprint density at radius 3 is 2.76 bits per heavy atom. The van der Waals surface area contributed by atoms with Gasteiger partial charge in [-0.05, 0) is 24.1 Å². The lowest BCUT2D eigenvalue weighted by Crippen LogP contribution is -2.07. The van der Waals surface area contributed by atoms with Crippen LogP contribution < -0.4 is 0 Å². The fraction of sp³-hybridized carbons (Fsp3) is 0.400. The first-order valence-electron chi connectivity index (χ1n) is 6.76. The Labute approximate surface area is 128 Å². The third kappa shape index (κ3) is 4.56. The van der Waals surface area contributed by atoms with E-state index in [1.807, 2.05) is 4.57 Å². The van der Waals surface area contributed by atoms with E-state index in [4.69, 9.17) is 4.74 Å². The van der Waals surface area contributed by atoms with Crippen LogP contribution in [0.15, 0.2) is 35.6 Å². The molecule has 0 aliphatic heterocycles. The fourth-order valence-electron chi connectivity index (χ4n) is 1.97. The maximum absolute atomic E-state index is 12.9. The Kier molecular flexibility index (Phi) is 6.22. The standard InChI is InChI=1S/C15H19FN2O2S/c1-20-8-2-7-18-14(10-19)9-17-15(18)21-11-12-3-5-13(16)6-4-12/h3-6,9,19H,2,7-8,10-11H2,1H3. The molecule has 21 heavy (non-hydrogen) atoms. The number of rotatable bonds is 8. The average Bonchev–Trinajstić information content (AvgIpc) is 2.89. The Bertz CT molecular complexity index is 557. The molecule has 6 heteroatoms. The molecule has 0 aliphatic carbocycles. The maximum Gasteiger partial charge on any atom is 0.168 e. The lowest BCUT2D eigenvalue weighted by Gasteiger charge is -2.10. The number of thioether (sulfide) groups is 1. The van der Waals surface area contributed by atoms with Crippen LogP contribution in [0.25, 0.3) is 0 Å². The van der Waals surface area contributed by atoms with Gasteiger partial charge in [-0.3, -0.25) is 0 Å². The lowest BCUT2D eigenvalue weighted by molar-refractivity contribution is 0.187. The molecule has 0 unspecified atom stereocenters. The summed E-state index contributed by atoms with van der Waals surface area (Å²) >= 11 is 1.58. The summed E-state index contributed by atoms with van der Waals surface area (Å²) in [5.74, 6) is 0.485. The Balaban J connectivity index is 2.01. The van der Waals surface area contributed by atoms with Crippen LogP contribution in [-0.2, 0) is 23.6 Å². The van der Waals surface area contributed by atoms with Gasteiger partial charge >= 0.3 is 0 Å². The summed E-state index contributed by atoms with van der Waals surface area (Å²) in [6.07, 6.45) is 2.56. The van der Waals surface area contributed by atoms with Gasteiger partial charge in [-0.1, -0.05) is 23.9 Å². The van der Waals surface area contributed by atoms with Crippen molar-refractivity contribution in [2.75, 3.05) is 13.7 Å². The molecule has 1 aromatic carbocycles. The number of ether oxygens (including phenoxy) is 1. The third-order valence-corrected chi connectivity index (χ3v) is 4.14. The summed E-state index contributed by atoms with van der Waals surface area (Å²) in [7, 11) is 1.67. The molecule has 2 aromatic rings. The highest BCUT2D eigenvalue weighted by atomic mass is 32.2. The zero-order chi connectivity index (χ0) is 15.1. The third-order valence-electron chi connectivity index (χ3n) is 3.07. The summed E-state index contributed by atoms with van der Waals surface area (Å²) in [6, 6.07) is 6.46. The summed E-state index contributed by atoms with van der Waals surface area (Å²) in [5.41, 5.74) is 1.84. The Morgan fingerprint density at radius 2 is 2.10 bits per heavy atom. The number of benzene rings is 1. The van der Waals surface area contributed by atoms with Crippen molar-refractivity contribution in [3.63, 3.8) is 0 Å². The van der Waals surface area contributed by atoms with E-state index >= 15 is 0 Å². The minimum atomic E-state index is -0.229. The van der Waals surface area contributed by atoms with Gasteiger partial charge in [0.15, 0.2) is 5.16 Å². The summed E-state index contributed by atoms with van der Waals surface area (Å²) in [5, 5.41) is 10.2. The molecular formula is C15H19FN2O2S. The van der Waals surface area contributed by atoms with Gasteiger partial charge < -0.3 is 14.4 Å². The molecule has 0 saturated carbocycles. The van der Waals surface area contributed by atoms with Gasteiger partial charge in [-0.25, -0.2) is 9.37 Å². The maximum atomic E-state index is 12.9. The van der Waals surface area contributed by atoms with E-state index in [1.165, 1.54) is 12.1 Å². The van der Waals surface area contributed by atoms with Gasteiger partial charge in [0.1, 0.15) is 5.82 Å². The number of aliphatic hydroxyl groups excluding tert-OH is 1. The molecule has 114 valence electrons. The molecule has 1 heterocycles. The topological polar surface area (TPSA) is 47.3 Å². The van der Waals surface area contributed by atoms with Gasteiger partial charge in [0.05, 0.1) is 18.5 Å². The molecule has 0 spiro atoms. The molecule has 0 radical (unpaired) electrons. The van der Waals surface area contributed by atoms with E-state index in [9.17, 15) is 9.50 Å². The molecule has 1 aromatic heterocycles. The molecular weight excluding hydrogens is 291 g/mol. The minimum Gasteiger partial charge on any atom is -0.390 e. The monoisotopic (exact) mass is 310 g/mol. The molecule has 0 bridgehead atoms. The van der Waals surface area contributed by atoms with Crippen LogP contribution in [-0.4, -0.2) is 28.4 Å². The van der Waals surface area contributed by atoms with Gasteiger partial charge in [-0.15, -0.1) is 0 Å². The number of hydrogen-bond acceptors (Lipinski definition) is 4. The second-order valence-electron chi connectivity index (χ2n) is 4.60. The van der Waals surface area contributed by atoms with Gasteiger partial charge in [-0.2, -0.15) is 0 Å². The summed E-state index contributed by atoms with van der Waals surface area (Å²) < 4.78 is 19.9. The van der Waals surface area contributed by atoms with E-state index in [0.29, 0.717) is 12.4 Å². The van der Waals surface area contributed by atoms with Gasteiger partial charge in [0.25, 0.3) is 0 Å². The largest absolute Gasteiger partial charge is 0.390 e. The molecule has 0 amide bonds. The van der Waals surface area contributed by atoms with E-state index < -0.39 is 0 Å². The second-order valence-corrected chi connectivity index (χ2v) is 5.55. The number of nitrogens with zero attached hydrogens (tertiary/aromatic N) is 2. The van der Waals surface area contributed by atoms with Crippen LogP contribution in [0.1, 0.15) is 17.7 Å². The van der Waals surface area contributed by atoms with Crippen molar-refractivity contribution in [3.05, 3.63) is 47.5 Å². The first-order valence-corrected chi connectivity index (χ1v) is 7.74. The first-order chi connectivity index (χ1) is 10.2. The molecule has 0 aliphatic rings. The van der Waals surface area contributed by atoms with Crippen LogP contribution >= 0.6 is 11.8 Å². The van der Waals surface area contributed by atoms with Crippen molar-refractivity contribution in [1.82, 2.24) is 9.55 Å². The number of imidazole rings is 1. The number of aliphatic hydroxyl groups is 1. The van der Waals surface area contributed by atoms with Crippen molar-refractivity contribution >= 4 is 11.8 Å². The molecule has 0 atom stereocenters. The van der Waals surface area contributed by atoms with E-state index in [1.54, 1.807) is 37.2 Å². The molecule has 4 nitrogen and oxygen atoms in total. The van der Waals surface area contributed by atoms with Gasteiger partial charge in [0, 0.05) is 26.0 Å². The van der Waals surface area contributed by atoms with Crippen LogP contribution in [0.4, 0.5) is 4.39 Å². The van der Waals surface area contributed by atoms with Crippen molar-refractivity contribution in [1.29, 1.82) is 0 Å². The minimum absolute atomic E-state index is 0.0307. The SMILES string of the molecule is COCCCn1c(CO)cnc1SCc1ccc(F)cc1. The normalized spacial score (nSPS) is 11.0. The van der Waals surface area contributed by atoms with Crippen molar-refractivity contribution in [2.45, 2.75) is 30.5 Å². The molecule has 0 saturated heterocycles. The summed E-state index contributed by atoms with van der Waals surface area (Å²) in [6.45, 7) is 1.40. The quantitative estimate of drug-likeness (QED) is 0.601. The van der Waals surface area contributed by atoms with Gasteiger partial charge in [0.2, 0.25) is 0 Å². The van der Waals surface area contributed by atoms with E-state index in [2.05, 4.69) is 4.98 Å². The lowest BCUT2D eigenvalue weighted by atomic mass is 10.2. The average molecular weight is 310 g/mol. The number of halogens is 1. The number of aromatic nitrogens is 2. The highest BCUT2D eigenvalue weighted by Crippen LogP contribution is 2.23. The van der Waals surface area contributed by atoms with Crippen LogP contribution in [0, 0.1) is 5.82 Å².